The molecule has 0 aromatic heterocycles. The molecular weight excluding hydrogens is 468 g/mol. The molecule has 28 heavy (non-hydrogen) atoms. The minimum atomic E-state index is -0.268. The summed E-state index contributed by atoms with van der Waals surface area (Å²) in [5, 5.41) is 3.45. The molecule has 0 heterocycles. The Kier molecular flexibility index (Phi) is 6.78. The molecule has 3 aromatic rings. The topological polar surface area (TPSA) is 30.5 Å². The Morgan fingerprint density at radius 1 is 0.964 bits per heavy atom. The van der Waals surface area contributed by atoms with Crippen LogP contribution in [0, 0.1) is 23.2 Å². The van der Waals surface area contributed by atoms with Gasteiger partial charge in [-0.05, 0) is 95.1 Å². The van der Waals surface area contributed by atoms with E-state index < -0.39 is 0 Å². The fourth-order valence-electron chi connectivity index (χ4n) is 2.85. The zero-order valence-electron chi connectivity index (χ0n) is 16.2. The summed E-state index contributed by atoms with van der Waals surface area (Å²) < 4.78 is 25.8. The largest absolute Gasteiger partial charge is 0.493 e. The van der Waals surface area contributed by atoms with Crippen molar-refractivity contribution in [1.29, 1.82) is 0 Å². The molecule has 0 aliphatic carbocycles. The summed E-state index contributed by atoms with van der Waals surface area (Å²) in [6.45, 7) is 5.18. The van der Waals surface area contributed by atoms with E-state index in [1.54, 1.807) is 13.2 Å². The predicted molar refractivity (Wildman–Crippen MR) is 120 cm³/mol. The normalized spacial score (nSPS) is 10.6. The number of anilines is 1. The van der Waals surface area contributed by atoms with Gasteiger partial charge in [0.25, 0.3) is 0 Å². The van der Waals surface area contributed by atoms with Gasteiger partial charge in [-0.1, -0.05) is 18.2 Å². The first-order valence-electron chi connectivity index (χ1n) is 9.01. The molecule has 0 saturated carbocycles. The van der Waals surface area contributed by atoms with Crippen LogP contribution in [0.1, 0.15) is 22.3 Å². The fraction of sp³-hybridized carbons (Fsp3) is 0.217. The summed E-state index contributed by atoms with van der Waals surface area (Å²) in [7, 11) is 1.63. The molecule has 0 spiro atoms. The molecule has 1 N–H and O–H groups in total. The maximum Gasteiger partial charge on any atom is 0.174 e. The Morgan fingerprint density at radius 3 is 2.50 bits per heavy atom. The minimum absolute atomic E-state index is 0.268. The van der Waals surface area contributed by atoms with E-state index in [9.17, 15) is 4.39 Å². The van der Waals surface area contributed by atoms with Crippen molar-refractivity contribution in [2.24, 2.45) is 0 Å². The number of nitrogens with one attached hydrogen (secondary N) is 1. The lowest BCUT2D eigenvalue weighted by atomic mass is 10.1. The molecule has 0 atom stereocenters. The number of ether oxygens (including phenoxy) is 2. The van der Waals surface area contributed by atoms with Crippen molar-refractivity contribution in [3.8, 4) is 11.5 Å². The summed E-state index contributed by atoms with van der Waals surface area (Å²) in [4.78, 5) is 0. The molecule has 0 bridgehead atoms. The number of halogens is 2. The molecule has 0 amide bonds. The van der Waals surface area contributed by atoms with Crippen molar-refractivity contribution in [2.45, 2.75) is 27.0 Å². The highest BCUT2D eigenvalue weighted by Crippen LogP contribution is 2.35. The van der Waals surface area contributed by atoms with Crippen molar-refractivity contribution in [3.05, 3.63) is 86.2 Å². The summed E-state index contributed by atoms with van der Waals surface area (Å²) in [6.07, 6.45) is 0. The second-order valence-electron chi connectivity index (χ2n) is 6.68. The molecule has 0 radical (unpaired) electrons. The lowest BCUT2D eigenvalue weighted by molar-refractivity contribution is 0.281. The molecule has 0 unspecified atom stereocenters. The van der Waals surface area contributed by atoms with Gasteiger partial charge in [0.05, 0.1) is 10.7 Å². The highest BCUT2D eigenvalue weighted by molar-refractivity contribution is 14.1. The first-order chi connectivity index (χ1) is 13.5. The van der Waals surface area contributed by atoms with Gasteiger partial charge in [0.15, 0.2) is 11.5 Å². The molecule has 3 aromatic carbocycles. The highest BCUT2D eigenvalue weighted by atomic mass is 127. The van der Waals surface area contributed by atoms with Gasteiger partial charge < -0.3 is 14.8 Å². The molecule has 0 aliphatic rings. The Bertz CT molecular complexity index is 975. The first-order valence-corrected chi connectivity index (χ1v) is 10.1. The summed E-state index contributed by atoms with van der Waals surface area (Å²) >= 11 is 2.24. The summed E-state index contributed by atoms with van der Waals surface area (Å²) in [5.74, 6) is 1.07. The van der Waals surface area contributed by atoms with Crippen molar-refractivity contribution in [2.75, 3.05) is 12.4 Å². The third-order valence-corrected chi connectivity index (χ3v) is 5.37. The fourth-order valence-corrected chi connectivity index (χ4v) is 3.67. The number of benzene rings is 3. The average Bonchev–Trinajstić information content (AvgIpc) is 2.67. The van der Waals surface area contributed by atoms with Gasteiger partial charge in [-0.25, -0.2) is 4.39 Å². The zero-order chi connectivity index (χ0) is 20.1. The molecule has 0 saturated heterocycles. The highest BCUT2D eigenvalue weighted by Gasteiger charge is 2.12. The van der Waals surface area contributed by atoms with E-state index in [0.29, 0.717) is 18.0 Å². The maximum atomic E-state index is 13.4. The second-order valence-corrected chi connectivity index (χ2v) is 7.84. The van der Waals surface area contributed by atoms with Crippen molar-refractivity contribution in [1.82, 2.24) is 0 Å². The zero-order valence-corrected chi connectivity index (χ0v) is 18.3. The van der Waals surface area contributed by atoms with E-state index in [0.717, 1.165) is 20.4 Å². The van der Waals surface area contributed by atoms with Crippen LogP contribution >= 0.6 is 22.6 Å². The predicted octanol–water partition coefficient (Wildman–Crippen LogP) is 6.25. The van der Waals surface area contributed by atoms with Crippen LogP contribution in [0.15, 0.2) is 54.6 Å². The molecular formula is C23H23FINO2. The molecule has 146 valence electrons. The molecule has 3 nitrogen and oxygen atoms in total. The van der Waals surface area contributed by atoms with E-state index in [1.165, 1.54) is 23.3 Å². The standard InChI is InChI=1S/C23H23FINO2/c1-15-7-8-20(9-16(15)2)26-13-18-11-21(25)23(22(12-18)27-3)28-14-17-5-4-6-19(24)10-17/h4-12,26H,13-14H2,1-3H3. The van der Waals surface area contributed by atoms with Crippen molar-refractivity contribution < 1.29 is 13.9 Å². The minimum Gasteiger partial charge on any atom is -0.493 e. The summed E-state index contributed by atoms with van der Waals surface area (Å²) in [6, 6.07) is 16.8. The number of hydrogen-bond donors (Lipinski definition) is 1. The Labute approximate surface area is 179 Å². The van der Waals surface area contributed by atoms with E-state index in [1.807, 2.05) is 12.1 Å². The van der Waals surface area contributed by atoms with Crippen molar-refractivity contribution >= 4 is 28.3 Å². The van der Waals surface area contributed by atoms with Crippen LogP contribution in [-0.4, -0.2) is 7.11 Å². The van der Waals surface area contributed by atoms with Crippen LogP contribution in [0.4, 0.5) is 10.1 Å². The van der Waals surface area contributed by atoms with E-state index in [4.69, 9.17) is 9.47 Å². The third kappa shape index (κ3) is 5.16. The van der Waals surface area contributed by atoms with E-state index in [2.05, 4.69) is 66.0 Å². The molecule has 0 fully saturated rings. The Morgan fingerprint density at radius 2 is 1.79 bits per heavy atom. The SMILES string of the molecule is COc1cc(CNc2ccc(C)c(C)c2)cc(I)c1OCc1cccc(F)c1. The van der Waals surface area contributed by atoms with Gasteiger partial charge in [0, 0.05) is 12.2 Å². The second kappa shape index (κ2) is 9.28. The smallest absolute Gasteiger partial charge is 0.174 e. The van der Waals surface area contributed by atoms with Gasteiger partial charge >= 0.3 is 0 Å². The monoisotopic (exact) mass is 491 g/mol. The van der Waals surface area contributed by atoms with Gasteiger partial charge in [-0.2, -0.15) is 0 Å². The number of aryl methyl sites for hydroxylation is 2. The lowest BCUT2D eigenvalue weighted by Gasteiger charge is -2.15. The van der Waals surface area contributed by atoms with Gasteiger partial charge in [-0.3, -0.25) is 0 Å². The van der Waals surface area contributed by atoms with Crippen LogP contribution in [0.3, 0.4) is 0 Å². The number of rotatable bonds is 7. The quantitative estimate of drug-likeness (QED) is 0.397. The number of hydrogen-bond acceptors (Lipinski definition) is 3. The molecule has 0 aliphatic heterocycles. The Hall–Kier alpha value is -2.28. The van der Waals surface area contributed by atoms with Crippen LogP contribution < -0.4 is 14.8 Å². The van der Waals surface area contributed by atoms with Crippen LogP contribution in [0.2, 0.25) is 0 Å². The third-order valence-electron chi connectivity index (χ3n) is 4.56. The van der Waals surface area contributed by atoms with Gasteiger partial charge in [0.2, 0.25) is 0 Å². The van der Waals surface area contributed by atoms with Crippen LogP contribution in [0.5, 0.6) is 11.5 Å². The van der Waals surface area contributed by atoms with Crippen molar-refractivity contribution in [3.63, 3.8) is 0 Å². The summed E-state index contributed by atoms with van der Waals surface area (Å²) in [5.41, 5.74) is 5.50. The van der Waals surface area contributed by atoms with Crippen LogP contribution in [-0.2, 0) is 13.2 Å². The van der Waals surface area contributed by atoms with Gasteiger partial charge in [-0.15, -0.1) is 0 Å². The first kappa shape index (κ1) is 20.5. The lowest BCUT2D eigenvalue weighted by Crippen LogP contribution is -2.04. The van der Waals surface area contributed by atoms with Gasteiger partial charge in [0.1, 0.15) is 12.4 Å². The Balaban J connectivity index is 1.72. The molecule has 5 heteroatoms. The van der Waals surface area contributed by atoms with E-state index in [-0.39, 0.29) is 12.4 Å². The van der Waals surface area contributed by atoms with Crippen LogP contribution in [0.25, 0.3) is 0 Å². The number of methoxy groups -OCH3 is 1. The van der Waals surface area contributed by atoms with E-state index >= 15 is 0 Å². The maximum absolute atomic E-state index is 13.4. The average molecular weight is 491 g/mol. The molecule has 3 rings (SSSR count).